The van der Waals surface area contributed by atoms with Crippen LogP contribution in [0.2, 0.25) is 0 Å². The van der Waals surface area contributed by atoms with E-state index in [-0.39, 0.29) is 6.10 Å². The zero-order valence-corrected chi connectivity index (χ0v) is 8.34. The minimum absolute atomic E-state index is 0.0125. The highest BCUT2D eigenvalue weighted by Gasteiger charge is 2.22. The molecule has 0 spiro atoms. The maximum absolute atomic E-state index is 9.32. The van der Waals surface area contributed by atoms with Gasteiger partial charge >= 0.3 is 0 Å². The van der Waals surface area contributed by atoms with Crippen molar-refractivity contribution in [1.29, 1.82) is 0 Å². The SMILES string of the molecule is OC1CCC(NCCC2CC2)CC1. The van der Waals surface area contributed by atoms with Gasteiger partial charge in [-0.3, -0.25) is 0 Å². The molecule has 0 amide bonds. The molecule has 0 aromatic carbocycles. The maximum Gasteiger partial charge on any atom is 0.0541 e. The molecule has 0 heterocycles. The van der Waals surface area contributed by atoms with E-state index in [1.807, 2.05) is 0 Å². The van der Waals surface area contributed by atoms with Crippen molar-refractivity contribution in [2.45, 2.75) is 57.1 Å². The summed E-state index contributed by atoms with van der Waals surface area (Å²) >= 11 is 0. The molecule has 2 saturated carbocycles. The first-order chi connectivity index (χ1) is 6.34. The van der Waals surface area contributed by atoms with Gasteiger partial charge in [-0.25, -0.2) is 0 Å². The highest BCUT2D eigenvalue weighted by atomic mass is 16.3. The van der Waals surface area contributed by atoms with Crippen LogP contribution in [0.3, 0.4) is 0 Å². The Bertz CT molecular complexity index is 148. The maximum atomic E-state index is 9.32. The van der Waals surface area contributed by atoms with Crippen molar-refractivity contribution in [3.05, 3.63) is 0 Å². The van der Waals surface area contributed by atoms with Gasteiger partial charge in [0.2, 0.25) is 0 Å². The van der Waals surface area contributed by atoms with Gasteiger partial charge in [0.1, 0.15) is 0 Å². The highest BCUT2D eigenvalue weighted by Crippen LogP contribution is 2.31. The number of aliphatic hydroxyl groups excluding tert-OH is 1. The van der Waals surface area contributed by atoms with Crippen molar-refractivity contribution >= 4 is 0 Å². The van der Waals surface area contributed by atoms with E-state index in [0.29, 0.717) is 6.04 Å². The first-order valence-corrected chi connectivity index (χ1v) is 5.76. The molecule has 0 radical (unpaired) electrons. The molecule has 2 N–H and O–H groups in total. The average Bonchev–Trinajstić information content (AvgIpc) is 2.92. The van der Waals surface area contributed by atoms with Crippen LogP contribution in [0.1, 0.15) is 44.9 Å². The predicted molar refractivity (Wildman–Crippen MR) is 53.6 cm³/mol. The van der Waals surface area contributed by atoms with Gasteiger partial charge in [-0.15, -0.1) is 0 Å². The summed E-state index contributed by atoms with van der Waals surface area (Å²) in [7, 11) is 0. The summed E-state index contributed by atoms with van der Waals surface area (Å²) in [5, 5.41) is 12.9. The molecule has 0 aromatic rings. The van der Waals surface area contributed by atoms with E-state index in [1.54, 1.807) is 0 Å². The molecule has 2 nitrogen and oxygen atoms in total. The molecule has 2 fully saturated rings. The van der Waals surface area contributed by atoms with Crippen LogP contribution in [0.4, 0.5) is 0 Å². The van der Waals surface area contributed by atoms with Crippen molar-refractivity contribution in [3.63, 3.8) is 0 Å². The van der Waals surface area contributed by atoms with Gasteiger partial charge in [0.25, 0.3) is 0 Å². The third-order valence-corrected chi connectivity index (χ3v) is 3.38. The van der Waals surface area contributed by atoms with Crippen LogP contribution in [0.25, 0.3) is 0 Å². The Morgan fingerprint density at radius 3 is 2.31 bits per heavy atom. The molecule has 2 aliphatic carbocycles. The number of rotatable bonds is 4. The highest BCUT2D eigenvalue weighted by molar-refractivity contribution is 4.78. The summed E-state index contributed by atoms with van der Waals surface area (Å²) in [5.41, 5.74) is 0. The molecule has 0 aromatic heterocycles. The van der Waals surface area contributed by atoms with Gasteiger partial charge in [-0.1, -0.05) is 12.8 Å². The lowest BCUT2D eigenvalue weighted by atomic mass is 9.93. The van der Waals surface area contributed by atoms with Crippen molar-refractivity contribution in [1.82, 2.24) is 5.32 Å². The second-order valence-electron chi connectivity index (χ2n) is 4.69. The summed E-state index contributed by atoms with van der Waals surface area (Å²) in [5.74, 6) is 1.04. The molecule has 2 aliphatic rings. The standard InChI is InChI=1S/C11H21NO/c13-11-5-3-10(4-6-11)12-8-7-9-1-2-9/h9-13H,1-8H2. The molecule has 0 aliphatic heterocycles. The molecule has 0 unspecified atom stereocenters. The van der Waals surface area contributed by atoms with Gasteiger partial charge in [-0.2, -0.15) is 0 Å². The molecular weight excluding hydrogens is 162 g/mol. The summed E-state index contributed by atoms with van der Waals surface area (Å²) in [4.78, 5) is 0. The lowest BCUT2D eigenvalue weighted by Gasteiger charge is -2.26. The van der Waals surface area contributed by atoms with Gasteiger partial charge < -0.3 is 10.4 Å². The number of nitrogens with one attached hydrogen (secondary N) is 1. The average molecular weight is 183 g/mol. The van der Waals surface area contributed by atoms with Gasteiger partial charge in [0, 0.05) is 6.04 Å². The van der Waals surface area contributed by atoms with E-state index in [4.69, 9.17) is 0 Å². The third kappa shape index (κ3) is 3.28. The summed E-state index contributed by atoms with van der Waals surface area (Å²) in [6.07, 6.45) is 8.64. The molecule has 13 heavy (non-hydrogen) atoms. The van der Waals surface area contributed by atoms with Gasteiger partial charge in [-0.05, 0) is 44.6 Å². The van der Waals surface area contributed by atoms with Crippen LogP contribution in [0.5, 0.6) is 0 Å². The summed E-state index contributed by atoms with van der Waals surface area (Å²) in [6, 6.07) is 0.696. The molecule has 2 heteroatoms. The Hall–Kier alpha value is -0.0800. The van der Waals surface area contributed by atoms with Crippen LogP contribution >= 0.6 is 0 Å². The Labute approximate surface area is 80.7 Å². The fourth-order valence-corrected chi connectivity index (χ4v) is 2.18. The normalized spacial score (nSPS) is 34.8. The smallest absolute Gasteiger partial charge is 0.0541 e. The zero-order valence-electron chi connectivity index (χ0n) is 8.34. The molecule has 76 valence electrons. The van der Waals surface area contributed by atoms with Crippen molar-refractivity contribution < 1.29 is 5.11 Å². The molecule has 2 rings (SSSR count). The number of aliphatic hydroxyl groups is 1. The third-order valence-electron chi connectivity index (χ3n) is 3.38. The minimum atomic E-state index is -0.0125. The first-order valence-electron chi connectivity index (χ1n) is 5.76. The lowest BCUT2D eigenvalue weighted by Crippen LogP contribution is -2.35. The van der Waals surface area contributed by atoms with Crippen molar-refractivity contribution in [2.75, 3.05) is 6.54 Å². The largest absolute Gasteiger partial charge is 0.393 e. The second kappa shape index (κ2) is 4.43. The molecule has 0 saturated heterocycles. The fraction of sp³-hybridized carbons (Fsp3) is 1.00. The number of hydrogen-bond donors (Lipinski definition) is 2. The molecular formula is C11H21NO. The fourth-order valence-electron chi connectivity index (χ4n) is 2.18. The summed E-state index contributed by atoms with van der Waals surface area (Å²) < 4.78 is 0. The van der Waals surface area contributed by atoms with Crippen LogP contribution in [0.15, 0.2) is 0 Å². The predicted octanol–water partition coefficient (Wildman–Crippen LogP) is 1.68. The second-order valence-corrected chi connectivity index (χ2v) is 4.69. The van der Waals surface area contributed by atoms with Crippen LogP contribution < -0.4 is 5.32 Å². The van der Waals surface area contributed by atoms with Crippen LogP contribution in [-0.2, 0) is 0 Å². The Balaban J connectivity index is 1.53. The van der Waals surface area contributed by atoms with E-state index in [9.17, 15) is 5.11 Å². The number of hydrogen-bond acceptors (Lipinski definition) is 2. The van der Waals surface area contributed by atoms with Gasteiger partial charge in [0.15, 0.2) is 0 Å². The van der Waals surface area contributed by atoms with E-state index in [1.165, 1.54) is 38.6 Å². The van der Waals surface area contributed by atoms with E-state index in [2.05, 4.69) is 5.32 Å². The van der Waals surface area contributed by atoms with E-state index >= 15 is 0 Å². The Morgan fingerprint density at radius 1 is 1.00 bits per heavy atom. The zero-order chi connectivity index (χ0) is 9.10. The Morgan fingerprint density at radius 2 is 1.69 bits per heavy atom. The molecule has 0 atom stereocenters. The molecule has 0 bridgehead atoms. The van der Waals surface area contributed by atoms with E-state index < -0.39 is 0 Å². The monoisotopic (exact) mass is 183 g/mol. The van der Waals surface area contributed by atoms with Gasteiger partial charge in [0.05, 0.1) is 6.10 Å². The minimum Gasteiger partial charge on any atom is -0.393 e. The topological polar surface area (TPSA) is 32.3 Å². The van der Waals surface area contributed by atoms with E-state index in [0.717, 1.165) is 18.8 Å². The quantitative estimate of drug-likeness (QED) is 0.695. The van der Waals surface area contributed by atoms with Crippen molar-refractivity contribution in [3.8, 4) is 0 Å². The lowest BCUT2D eigenvalue weighted by molar-refractivity contribution is 0.116. The van der Waals surface area contributed by atoms with Crippen LogP contribution in [-0.4, -0.2) is 23.8 Å². The first kappa shape index (κ1) is 9.47. The van der Waals surface area contributed by atoms with Crippen molar-refractivity contribution in [2.24, 2.45) is 5.92 Å². The summed E-state index contributed by atoms with van der Waals surface area (Å²) in [6.45, 7) is 1.20. The Kier molecular flexibility index (Phi) is 3.23. The van der Waals surface area contributed by atoms with Crippen LogP contribution in [0, 0.1) is 5.92 Å².